The molecule has 100 valence electrons. The monoisotopic (exact) mass is 251 g/mol. The molecule has 0 radical (unpaired) electrons. The van der Waals surface area contributed by atoms with E-state index in [-0.39, 0.29) is 11.9 Å². The first kappa shape index (κ1) is 14.7. The SMILES string of the molecule is C=C(C)CCOc1ccc(F)cc1C(C)NCC. The van der Waals surface area contributed by atoms with Crippen LogP contribution in [0.3, 0.4) is 0 Å². The van der Waals surface area contributed by atoms with Crippen LogP contribution < -0.4 is 10.1 Å². The molecule has 0 bridgehead atoms. The first-order chi connectivity index (χ1) is 8.54. The van der Waals surface area contributed by atoms with Crippen LogP contribution in [0.25, 0.3) is 0 Å². The van der Waals surface area contributed by atoms with Crippen molar-refractivity contribution < 1.29 is 9.13 Å². The van der Waals surface area contributed by atoms with E-state index in [1.165, 1.54) is 12.1 Å². The second kappa shape index (κ2) is 7.17. The lowest BCUT2D eigenvalue weighted by Crippen LogP contribution is -2.19. The van der Waals surface area contributed by atoms with Gasteiger partial charge in [-0.3, -0.25) is 0 Å². The quantitative estimate of drug-likeness (QED) is 0.743. The van der Waals surface area contributed by atoms with Crippen molar-refractivity contribution in [3.8, 4) is 5.75 Å². The number of benzene rings is 1. The lowest BCUT2D eigenvalue weighted by molar-refractivity contribution is 0.314. The Kier molecular flexibility index (Phi) is 5.86. The van der Waals surface area contributed by atoms with Gasteiger partial charge in [0.1, 0.15) is 11.6 Å². The molecule has 1 rings (SSSR count). The summed E-state index contributed by atoms with van der Waals surface area (Å²) in [5, 5.41) is 3.26. The van der Waals surface area contributed by atoms with Crippen LogP contribution >= 0.6 is 0 Å². The third-order valence-electron chi connectivity index (χ3n) is 2.74. The number of halogens is 1. The van der Waals surface area contributed by atoms with E-state index in [0.29, 0.717) is 6.61 Å². The van der Waals surface area contributed by atoms with Gasteiger partial charge in [0.25, 0.3) is 0 Å². The van der Waals surface area contributed by atoms with Crippen molar-refractivity contribution >= 4 is 0 Å². The molecule has 0 heterocycles. The number of ether oxygens (including phenoxy) is 1. The summed E-state index contributed by atoms with van der Waals surface area (Å²) in [4.78, 5) is 0. The largest absolute Gasteiger partial charge is 0.493 e. The molecule has 0 fully saturated rings. The van der Waals surface area contributed by atoms with Gasteiger partial charge in [-0.25, -0.2) is 4.39 Å². The van der Waals surface area contributed by atoms with Crippen molar-refractivity contribution in [3.63, 3.8) is 0 Å². The first-order valence-corrected chi connectivity index (χ1v) is 6.34. The predicted octanol–water partition coefficient (Wildman–Crippen LogP) is 3.84. The van der Waals surface area contributed by atoms with E-state index in [4.69, 9.17) is 4.74 Å². The summed E-state index contributed by atoms with van der Waals surface area (Å²) in [7, 11) is 0. The number of hydrogen-bond acceptors (Lipinski definition) is 2. The summed E-state index contributed by atoms with van der Waals surface area (Å²) in [6.45, 7) is 11.2. The molecule has 1 aromatic carbocycles. The van der Waals surface area contributed by atoms with Crippen LogP contribution in [0.15, 0.2) is 30.4 Å². The molecule has 0 aliphatic carbocycles. The van der Waals surface area contributed by atoms with Gasteiger partial charge in [0.2, 0.25) is 0 Å². The van der Waals surface area contributed by atoms with Gasteiger partial charge in [-0.1, -0.05) is 12.5 Å². The standard InChI is InChI=1S/C15H22FNO/c1-5-17-12(4)14-10-13(16)6-7-15(14)18-9-8-11(2)3/h6-7,10,12,17H,2,5,8-9H2,1,3-4H3. The number of rotatable bonds is 7. The molecule has 0 spiro atoms. The Labute approximate surface area is 109 Å². The summed E-state index contributed by atoms with van der Waals surface area (Å²) in [5.41, 5.74) is 1.94. The molecule has 1 aromatic rings. The molecule has 1 atom stereocenters. The molecular formula is C15H22FNO. The molecule has 0 aromatic heterocycles. The smallest absolute Gasteiger partial charge is 0.124 e. The summed E-state index contributed by atoms with van der Waals surface area (Å²) in [5.74, 6) is 0.508. The zero-order valence-corrected chi connectivity index (χ0v) is 11.4. The molecule has 2 nitrogen and oxygen atoms in total. The van der Waals surface area contributed by atoms with Crippen molar-refractivity contribution in [2.75, 3.05) is 13.2 Å². The van der Waals surface area contributed by atoms with Crippen LogP contribution in [0.1, 0.15) is 38.8 Å². The molecule has 18 heavy (non-hydrogen) atoms. The van der Waals surface area contributed by atoms with Gasteiger partial charge < -0.3 is 10.1 Å². The van der Waals surface area contributed by atoms with Gasteiger partial charge in [0.15, 0.2) is 0 Å². The van der Waals surface area contributed by atoms with Crippen LogP contribution in [0.5, 0.6) is 5.75 Å². The average Bonchev–Trinajstić information content (AvgIpc) is 2.31. The second-order valence-electron chi connectivity index (χ2n) is 4.52. The Balaban J connectivity index is 2.79. The van der Waals surface area contributed by atoms with Crippen molar-refractivity contribution in [1.29, 1.82) is 0 Å². The third kappa shape index (κ3) is 4.49. The Bertz CT molecular complexity index is 403. The summed E-state index contributed by atoms with van der Waals surface area (Å²) in [6, 6.07) is 4.73. The Morgan fingerprint density at radius 1 is 1.50 bits per heavy atom. The highest BCUT2D eigenvalue weighted by molar-refractivity contribution is 5.36. The van der Waals surface area contributed by atoms with Gasteiger partial charge in [0, 0.05) is 18.0 Å². The topological polar surface area (TPSA) is 21.3 Å². The lowest BCUT2D eigenvalue weighted by atomic mass is 10.1. The molecule has 0 aliphatic rings. The molecule has 0 saturated heterocycles. The van der Waals surface area contributed by atoms with Crippen molar-refractivity contribution in [1.82, 2.24) is 5.32 Å². The molecule has 1 unspecified atom stereocenters. The highest BCUT2D eigenvalue weighted by atomic mass is 19.1. The maximum Gasteiger partial charge on any atom is 0.124 e. The highest BCUT2D eigenvalue weighted by Crippen LogP contribution is 2.26. The molecule has 3 heteroatoms. The van der Waals surface area contributed by atoms with Crippen LogP contribution in [-0.2, 0) is 0 Å². The molecule has 0 saturated carbocycles. The number of nitrogens with one attached hydrogen (secondary N) is 1. The van der Waals surface area contributed by atoms with Crippen LogP contribution in [0.4, 0.5) is 4.39 Å². The van der Waals surface area contributed by atoms with Gasteiger partial charge in [-0.2, -0.15) is 0 Å². The van der Waals surface area contributed by atoms with Crippen LogP contribution in [0, 0.1) is 5.82 Å². The van der Waals surface area contributed by atoms with Crippen molar-refractivity contribution in [2.45, 2.75) is 33.2 Å². The van der Waals surface area contributed by atoms with Gasteiger partial charge >= 0.3 is 0 Å². The van der Waals surface area contributed by atoms with Crippen molar-refractivity contribution in [2.24, 2.45) is 0 Å². The highest BCUT2D eigenvalue weighted by Gasteiger charge is 2.12. The first-order valence-electron chi connectivity index (χ1n) is 6.34. The van der Waals surface area contributed by atoms with Crippen molar-refractivity contribution in [3.05, 3.63) is 41.7 Å². The van der Waals surface area contributed by atoms with E-state index in [0.717, 1.165) is 29.9 Å². The zero-order chi connectivity index (χ0) is 13.5. The fourth-order valence-corrected chi connectivity index (χ4v) is 1.74. The van der Waals surface area contributed by atoms with Crippen LogP contribution in [0.2, 0.25) is 0 Å². The van der Waals surface area contributed by atoms with E-state index in [9.17, 15) is 4.39 Å². The predicted molar refractivity (Wildman–Crippen MR) is 73.4 cm³/mol. The van der Waals surface area contributed by atoms with E-state index >= 15 is 0 Å². The van der Waals surface area contributed by atoms with E-state index < -0.39 is 0 Å². The van der Waals surface area contributed by atoms with Gasteiger partial charge in [-0.05, 0) is 38.6 Å². The molecular weight excluding hydrogens is 229 g/mol. The number of hydrogen-bond donors (Lipinski definition) is 1. The van der Waals surface area contributed by atoms with E-state index in [1.54, 1.807) is 6.07 Å². The van der Waals surface area contributed by atoms with E-state index in [2.05, 4.69) is 11.9 Å². The van der Waals surface area contributed by atoms with Crippen LogP contribution in [-0.4, -0.2) is 13.2 Å². The molecule has 1 N–H and O–H groups in total. The Morgan fingerprint density at radius 3 is 2.83 bits per heavy atom. The average molecular weight is 251 g/mol. The van der Waals surface area contributed by atoms with Gasteiger partial charge in [0.05, 0.1) is 6.61 Å². The fourth-order valence-electron chi connectivity index (χ4n) is 1.74. The summed E-state index contributed by atoms with van der Waals surface area (Å²) in [6.07, 6.45) is 0.812. The lowest BCUT2D eigenvalue weighted by Gasteiger charge is -2.17. The molecule has 0 amide bonds. The minimum absolute atomic E-state index is 0.0746. The minimum Gasteiger partial charge on any atom is -0.493 e. The second-order valence-corrected chi connectivity index (χ2v) is 4.52. The normalized spacial score (nSPS) is 12.2. The minimum atomic E-state index is -0.234. The Hall–Kier alpha value is -1.35. The summed E-state index contributed by atoms with van der Waals surface area (Å²) >= 11 is 0. The maximum atomic E-state index is 13.3. The summed E-state index contributed by atoms with van der Waals surface area (Å²) < 4.78 is 19.0. The maximum absolute atomic E-state index is 13.3. The fraction of sp³-hybridized carbons (Fsp3) is 0.467. The third-order valence-corrected chi connectivity index (χ3v) is 2.74. The van der Waals surface area contributed by atoms with Gasteiger partial charge in [-0.15, -0.1) is 6.58 Å². The van der Waals surface area contributed by atoms with E-state index in [1.807, 2.05) is 20.8 Å². The Morgan fingerprint density at radius 2 is 2.22 bits per heavy atom. The molecule has 0 aliphatic heterocycles. The zero-order valence-electron chi connectivity index (χ0n) is 11.4.